The third-order valence-corrected chi connectivity index (χ3v) is 4.24. The van der Waals surface area contributed by atoms with Crippen molar-refractivity contribution in [3.05, 3.63) is 29.6 Å². The molecule has 0 saturated carbocycles. The lowest BCUT2D eigenvalue weighted by Crippen LogP contribution is -2.34. The first kappa shape index (κ1) is 15.7. The van der Waals surface area contributed by atoms with Crippen molar-refractivity contribution < 1.29 is 9.32 Å². The van der Waals surface area contributed by atoms with Crippen LogP contribution < -0.4 is 10.6 Å². The molecule has 1 aliphatic heterocycles. The molecule has 1 aromatic heterocycles. The molecule has 1 saturated heterocycles. The zero-order valence-electron chi connectivity index (χ0n) is 13.6. The van der Waals surface area contributed by atoms with Gasteiger partial charge >= 0.3 is 0 Å². The monoisotopic (exact) mass is 314 g/mol. The Morgan fingerprint density at radius 1 is 1.39 bits per heavy atom. The lowest BCUT2D eigenvalue weighted by molar-refractivity contribution is -0.120. The molecule has 0 unspecified atom stereocenters. The molecule has 1 fully saturated rings. The normalized spacial score (nSPS) is 15.6. The quantitative estimate of drug-likeness (QED) is 0.906. The first-order chi connectivity index (χ1) is 11.2. The summed E-state index contributed by atoms with van der Waals surface area (Å²) in [6.45, 7) is 5.76. The topological polar surface area (TPSA) is 80.0 Å². The van der Waals surface area contributed by atoms with Gasteiger partial charge in [-0.1, -0.05) is 18.1 Å². The molecule has 0 radical (unpaired) electrons. The molecule has 6 heteroatoms. The highest BCUT2D eigenvalue weighted by Crippen LogP contribution is 2.25. The number of piperidine rings is 1. The van der Waals surface area contributed by atoms with Gasteiger partial charge in [-0.2, -0.15) is 4.98 Å². The Hall–Kier alpha value is -2.21. The van der Waals surface area contributed by atoms with Gasteiger partial charge in [0.2, 0.25) is 5.91 Å². The van der Waals surface area contributed by atoms with Crippen molar-refractivity contribution in [2.45, 2.75) is 33.1 Å². The number of nitrogens with one attached hydrogen (secondary N) is 2. The van der Waals surface area contributed by atoms with E-state index < -0.39 is 0 Å². The van der Waals surface area contributed by atoms with Gasteiger partial charge < -0.3 is 15.2 Å². The van der Waals surface area contributed by atoms with Crippen molar-refractivity contribution >= 4 is 11.6 Å². The summed E-state index contributed by atoms with van der Waals surface area (Å²) < 4.78 is 5.28. The van der Waals surface area contributed by atoms with Crippen LogP contribution in [0.3, 0.4) is 0 Å². The first-order valence-corrected chi connectivity index (χ1v) is 8.12. The number of nitrogens with zero attached hydrogens (tertiary/aromatic N) is 2. The van der Waals surface area contributed by atoms with Crippen molar-refractivity contribution in [3.8, 4) is 11.5 Å². The number of carbonyl (C=O) groups is 1. The summed E-state index contributed by atoms with van der Waals surface area (Å²) in [7, 11) is 0. The van der Waals surface area contributed by atoms with Crippen LogP contribution in [0.25, 0.3) is 11.5 Å². The minimum absolute atomic E-state index is 0.0782. The standard InChI is InChI=1S/C17H22N4O2/c1-3-15-20-17(23-21-15)13-5-4-11(2)14(10-13)19-16(22)12-6-8-18-9-7-12/h4-5,10,12,18H,3,6-9H2,1-2H3,(H,19,22). The van der Waals surface area contributed by atoms with Gasteiger partial charge in [-0.05, 0) is 50.6 Å². The number of aryl methyl sites for hydroxylation is 2. The SMILES string of the molecule is CCc1noc(-c2ccc(C)c(NC(=O)C3CCNCC3)c2)n1. The van der Waals surface area contributed by atoms with Gasteiger partial charge in [0, 0.05) is 23.6 Å². The molecule has 1 aliphatic rings. The molecule has 1 amide bonds. The van der Waals surface area contributed by atoms with E-state index in [0.29, 0.717) is 11.7 Å². The number of hydrogen-bond donors (Lipinski definition) is 2. The van der Waals surface area contributed by atoms with Crippen LogP contribution in [0, 0.1) is 12.8 Å². The van der Waals surface area contributed by atoms with Crippen LogP contribution >= 0.6 is 0 Å². The van der Waals surface area contributed by atoms with E-state index in [-0.39, 0.29) is 11.8 Å². The zero-order chi connectivity index (χ0) is 16.2. The number of hydrogen-bond acceptors (Lipinski definition) is 5. The second kappa shape index (κ2) is 6.91. The van der Waals surface area contributed by atoms with E-state index in [1.807, 2.05) is 32.0 Å². The van der Waals surface area contributed by atoms with Gasteiger partial charge in [0.05, 0.1) is 0 Å². The van der Waals surface area contributed by atoms with Crippen molar-refractivity contribution in [2.24, 2.45) is 5.92 Å². The summed E-state index contributed by atoms with van der Waals surface area (Å²) in [5.41, 5.74) is 2.65. The highest BCUT2D eigenvalue weighted by atomic mass is 16.5. The maximum atomic E-state index is 12.4. The predicted molar refractivity (Wildman–Crippen MR) is 88.1 cm³/mol. The molecule has 2 N–H and O–H groups in total. The van der Waals surface area contributed by atoms with Gasteiger partial charge in [-0.25, -0.2) is 0 Å². The van der Waals surface area contributed by atoms with Crippen LogP contribution in [0.2, 0.25) is 0 Å². The Labute approximate surface area is 135 Å². The van der Waals surface area contributed by atoms with Gasteiger partial charge in [0.1, 0.15) is 0 Å². The van der Waals surface area contributed by atoms with Crippen LogP contribution in [0.4, 0.5) is 5.69 Å². The zero-order valence-corrected chi connectivity index (χ0v) is 13.6. The van der Waals surface area contributed by atoms with Gasteiger partial charge in [0.25, 0.3) is 5.89 Å². The highest BCUT2D eigenvalue weighted by molar-refractivity contribution is 5.94. The molecule has 0 aliphatic carbocycles. The van der Waals surface area contributed by atoms with E-state index in [2.05, 4.69) is 20.8 Å². The van der Waals surface area contributed by atoms with Crippen molar-refractivity contribution in [1.82, 2.24) is 15.5 Å². The Morgan fingerprint density at radius 2 is 2.17 bits per heavy atom. The summed E-state index contributed by atoms with van der Waals surface area (Å²) in [4.78, 5) is 16.8. The molecular weight excluding hydrogens is 292 g/mol. The van der Waals surface area contributed by atoms with E-state index in [9.17, 15) is 4.79 Å². The largest absolute Gasteiger partial charge is 0.334 e. The average molecular weight is 314 g/mol. The Kier molecular flexibility index (Phi) is 4.71. The lowest BCUT2D eigenvalue weighted by atomic mass is 9.97. The van der Waals surface area contributed by atoms with Crippen LogP contribution in [-0.2, 0) is 11.2 Å². The van der Waals surface area contributed by atoms with E-state index in [1.54, 1.807) is 0 Å². The van der Waals surface area contributed by atoms with E-state index in [1.165, 1.54) is 0 Å². The van der Waals surface area contributed by atoms with Gasteiger partial charge in [-0.15, -0.1) is 0 Å². The molecule has 122 valence electrons. The molecule has 6 nitrogen and oxygen atoms in total. The Morgan fingerprint density at radius 3 is 2.87 bits per heavy atom. The molecule has 23 heavy (non-hydrogen) atoms. The minimum atomic E-state index is 0.0782. The van der Waals surface area contributed by atoms with Gasteiger partial charge in [0.15, 0.2) is 5.82 Å². The molecule has 2 heterocycles. The maximum absolute atomic E-state index is 12.4. The number of carbonyl (C=O) groups excluding carboxylic acids is 1. The van der Waals surface area contributed by atoms with E-state index in [4.69, 9.17) is 4.52 Å². The number of amides is 1. The van der Waals surface area contributed by atoms with Crippen LogP contribution in [-0.4, -0.2) is 29.1 Å². The van der Waals surface area contributed by atoms with Crippen LogP contribution in [0.1, 0.15) is 31.2 Å². The Balaban J connectivity index is 1.78. The molecule has 2 aromatic rings. The summed E-state index contributed by atoms with van der Waals surface area (Å²) in [6.07, 6.45) is 2.50. The van der Waals surface area contributed by atoms with E-state index >= 15 is 0 Å². The fraction of sp³-hybridized carbons (Fsp3) is 0.471. The Bertz CT molecular complexity index is 690. The van der Waals surface area contributed by atoms with Crippen LogP contribution in [0.5, 0.6) is 0 Å². The number of rotatable bonds is 4. The average Bonchev–Trinajstić information content (AvgIpc) is 3.07. The summed E-state index contributed by atoms with van der Waals surface area (Å²) in [5.74, 6) is 1.33. The smallest absolute Gasteiger partial charge is 0.257 e. The maximum Gasteiger partial charge on any atom is 0.257 e. The van der Waals surface area contributed by atoms with Crippen molar-refractivity contribution in [2.75, 3.05) is 18.4 Å². The number of aromatic nitrogens is 2. The fourth-order valence-corrected chi connectivity index (χ4v) is 2.72. The molecular formula is C17H22N4O2. The van der Waals surface area contributed by atoms with E-state index in [0.717, 1.165) is 49.2 Å². The number of benzene rings is 1. The first-order valence-electron chi connectivity index (χ1n) is 8.12. The van der Waals surface area contributed by atoms with Crippen molar-refractivity contribution in [3.63, 3.8) is 0 Å². The third-order valence-electron chi connectivity index (χ3n) is 4.24. The molecule has 0 spiro atoms. The molecule has 0 bridgehead atoms. The molecule has 1 aromatic carbocycles. The third kappa shape index (κ3) is 3.59. The fourth-order valence-electron chi connectivity index (χ4n) is 2.72. The van der Waals surface area contributed by atoms with Gasteiger partial charge in [-0.3, -0.25) is 4.79 Å². The van der Waals surface area contributed by atoms with Crippen LogP contribution in [0.15, 0.2) is 22.7 Å². The number of anilines is 1. The molecule has 0 atom stereocenters. The van der Waals surface area contributed by atoms with Crippen molar-refractivity contribution in [1.29, 1.82) is 0 Å². The lowest BCUT2D eigenvalue weighted by Gasteiger charge is -2.22. The molecule has 3 rings (SSSR count). The predicted octanol–water partition coefficient (Wildman–Crippen LogP) is 2.55. The summed E-state index contributed by atoms with van der Waals surface area (Å²) in [5, 5.41) is 10.2. The summed E-state index contributed by atoms with van der Waals surface area (Å²) in [6, 6.07) is 5.80. The minimum Gasteiger partial charge on any atom is -0.334 e. The highest BCUT2D eigenvalue weighted by Gasteiger charge is 2.21. The summed E-state index contributed by atoms with van der Waals surface area (Å²) >= 11 is 0. The second-order valence-corrected chi connectivity index (χ2v) is 5.91. The second-order valence-electron chi connectivity index (χ2n) is 5.91.